The third-order valence-corrected chi connectivity index (χ3v) is 2.71. The first kappa shape index (κ1) is 12.8. The highest BCUT2D eigenvalue weighted by atomic mass is 16.3. The molecule has 1 heterocycles. The van der Waals surface area contributed by atoms with E-state index in [1.807, 2.05) is 26.0 Å². The molecule has 4 nitrogen and oxygen atoms in total. The van der Waals surface area contributed by atoms with Crippen LogP contribution in [-0.4, -0.2) is 23.7 Å². The number of amides is 1. The molecule has 2 N–H and O–H groups in total. The van der Waals surface area contributed by atoms with Crippen LogP contribution in [0, 0.1) is 5.92 Å². The molecule has 1 amide bonds. The molecule has 4 heteroatoms. The van der Waals surface area contributed by atoms with Crippen molar-refractivity contribution in [1.82, 2.24) is 5.32 Å². The molecule has 0 radical (unpaired) electrons. The number of carbonyl (C=O) groups excluding carboxylic acids is 1. The summed E-state index contributed by atoms with van der Waals surface area (Å²) < 4.78 is 5.14. The highest BCUT2D eigenvalue weighted by Gasteiger charge is 2.13. The molecule has 0 aliphatic rings. The lowest BCUT2D eigenvalue weighted by Crippen LogP contribution is -2.38. The summed E-state index contributed by atoms with van der Waals surface area (Å²) in [4.78, 5) is 11.5. The van der Waals surface area contributed by atoms with Crippen LogP contribution < -0.4 is 5.32 Å². The molecule has 0 saturated heterocycles. The predicted octanol–water partition coefficient (Wildman–Crippen LogP) is 1.35. The SMILES string of the molecule is CC(CO)C(C)NC(=O)CCc1ccco1. The van der Waals surface area contributed by atoms with Gasteiger partial charge in [0.15, 0.2) is 0 Å². The summed E-state index contributed by atoms with van der Waals surface area (Å²) >= 11 is 0. The maximum atomic E-state index is 11.5. The van der Waals surface area contributed by atoms with E-state index in [4.69, 9.17) is 9.52 Å². The van der Waals surface area contributed by atoms with E-state index >= 15 is 0 Å². The Morgan fingerprint density at radius 3 is 2.88 bits per heavy atom. The van der Waals surface area contributed by atoms with Gasteiger partial charge in [-0.3, -0.25) is 4.79 Å². The molecule has 1 aromatic rings. The maximum Gasteiger partial charge on any atom is 0.220 e. The molecule has 1 aromatic heterocycles. The zero-order valence-electron chi connectivity index (χ0n) is 9.77. The third kappa shape index (κ3) is 4.06. The first-order chi connectivity index (χ1) is 7.63. The Morgan fingerprint density at radius 2 is 2.31 bits per heavy atom. The average molecular weight is 225 g/mol. The average Bonchev–Trinajstić information content (AvgIpc) is 2.78. The summed E-state index contributed by atoms with van der Waals surface area (Å²) in [5.74, 6) is 0.884. The number of hydrogen-bond donors (Lipinski definition) is 2. The molecule has 16 heavy (non-hydrogen) atoms. The van der Waals surface area contributed by atoms with E-state index in [0.29, 0.717) is 12.8 Å². The van der Waals surface area contributed by atoms with Crippen LogP contribution in [0.25, 0.3) is 0 Å². The van der Waals surface area contributed by atoms with Crippen molar-refractivity contribution in [3.05, 3.63) is 24.2 Å². The zero-order chi connectivity index (χ0) is 12.0. The van der Waals surface area contributed by atoms with Gasteiger partial charge in [-0.05, 0) is 25.0 Å². The van der Waals surface area contributed by atoms with Gasteiger partial charge < -0.3 is 14.8 Å². The number of aliphatic hydroxyl groups is 1. The molecular weight excluding hydrogens is 206 g/mol. The van der Waals surface area contributed by atoms with E-state index in [9.17, 15) is 4.79 Å². The lowest BCUT2D eigenvalue weighted by atomic mass is 10.0. The van der Waals surface area contributed by atoms with Crippen molar-refractivity contribution >= 4 is 5.91 Å². The molecule has 2 atom stereocenters. The number of aryl methyl sites for hydroxylation is 1. The number of aliphatic hydroxyl groups excluding tert-OH is 1. The van der Waals surface area contributed by atoms with E-state index in [0.717, 1.165) is 5.76 Å². The van der Waals surface area contributed by atoms with Gasteiger partial charge in [0, 0.05) is 25.5 Å². The lowest BCUT2D eigenvalue weighted by molar-refractivity contribution is -0.122. The number of nitrogens with one attached hydrogen (secondary N) is 1. The molecule has 1 rings (SSSR count). The molecule has 0 saturated carbocycles. The molecule has 0 aliphatic carbocycles. The second-order valence-corrected chi connectivity index (χ2v) is 4.10. The van der Waals surface area contributed by atoms with E-state index in [1.165, 1.54) is 0 Å². The summed E-state index contributed by atoms with van der Waals surface area (Å²) in [7, 11) is 0. The van der Waals surface area contributed by atoms with Crippen molar-refractivity contribution in [3.63, 3.8) is 0 Å². The van der Waals surface area contributed by atoms with Gasteiger partial charge in [-0.2, -0.15) is 0 Å². The lowest BCUT2D eigenvalue weighted by Gasteiger charge is -2.18. The smallest absolute Gasteiger partial charge is 0.220 e. The summed E-state index contributed by atoms with van der Waals surface area (Å²) in [6.45, 7) is 3.88. The highest BCUT2D eigenvalue weighted by Crippen LogP contribution is 2.05. The number of hydrogen-bond acceptors (Lipinski definition) is 3. The second kappa shape index (κ2) is 6.33. The Morgan fingerprint density at radius 1 is 1.56 bits per heavy atom. The first-order valence-electron chi connectivity index (χ1n) is 5.56. The van der Waals surface area contributed by atoms with Gasteiger partial charge in [-0.25, -0.2) is 0 Å². The third-order valence-electron chi connectivity index (χ3n) is 2.71. The van der Waals surface area contributed by atoms with Gasteiger partial charge >= 0.3 is 0 Å². The minimum Gasteiger partial charge on any atom is -0.469 e. The van der Waals surface area contributed by atoms with Crippen LogP contribution >= 0.6 is 0 Å². The van der Waals surface area contributed by atoms with Gasteiger partial charge in [-0.1, -0.05) is 6.92 Å². The molecule has 2 unspecified atom stereocenters. The Bertz CT molecular complexity index is 308. The van der Waals surface area contributed by atoms with Crippen LogP contribution in [0.4, 0.5) is 0 Å². The van der Waals surface area contributed by atoms with E-state index in [1.54, 1.807) is 6.26 Å². The standard InChI is InChI=1S/C12H19NO3/c1-9(8-14)10(2)13-12(15)6-5-11-4-3-7-16-11/h3-4,7,9-10,14H,5-6,8H2,1-2H3,(H,13,15). The van der Waals surface area contributed by atoms with Crippen LogP contribution in [0.3, 0.4) is 0 Å². The van der Waals surface area contributed by atoms with Crippen LogP contribution in [0.1, 0.15) is 26.0 Å². The van der Waals surface area contributed by atoms with Crippen LogP contribution in [-0.2, 0) is 11.2 Å². The minimum atomic E-state index is -0.01000. The van der Waals surface area contributed by atoms with Gasteiger partial charge in [0.25, 0.3) is 0 Å². The summed E-state index contributed by atoms with van der Waals surface area (Å²) in [6, 6.07) is 3.66. The Labute approximate surface area is 95.7 Å². The summed E-state index contributed by atoms with van der Waals surface area (Å²) in [6.07, 6.45) is 2.62. The minimum absolute atomic E-state index is 0.00546. The monoisotopic (exact) mass is 225 g/mol. The predicted molar refractivity (Wildman–Crippen MR) is 60.9 cm³/mol. The van der Waals surface area contributed by atoms with Gasteiger partial charge in [-0.15, -0.1) is 0 Å². The first-order valence-corrected chi connectivity index (χ1v) is 5.56. The van der Waals surface area contributed by atoms with Gasteiger partial charge in [0.05, 0.1) is 6.26 Å². The molecule has 0 aliphatic heterocycles. The summed E-state index contributed by atoms with van der Waals surface area (Å²) in [5.41, 5.74) is 0. The molecule has 0 aromatic carbocycles. The molecule has 0 bridgehead atoms. The maximum absolute atomic E-state index is 11.5. The molecule has 0 fully saturated rings. The van der Waals surface area contributed by atoms with Crippen molar-refractivity contribution in [3.8, 4) is 0 Å². The van der Waals surface area contributed by atoms with E-state index < -0.39 is 0 Å². The van der Waals surface area contributed by atoms with Crippen LogP contribution in [0.2, 0.25) is 0 Å². The molecule has 0 spiro atoms. The highest BCUT2D eigenvalue weighted by molar-refractivity contribution is 5.76. The Kier molecular flexibility index (Phi) is 5.05. The fourth-order valence-corrected chi connectivity index (χ4v) is 1.32. The largest absolute Gasteiger partial charge is 0.469 e. The van der Waals surface area contributed by atoms with E-state index in [2.05, 4.69) is 5.32 Å². The second-order valence-electron chi connectivity index (χ2n) is 4.10. The molecular formula is C12H19NO3. The van der Waals surface area contributed by atoms with Crippen LogP contribution in [0.15, 0.2) is 22.8 Å². The van der Waals surface area contributed by atoms with Crippen molar-refractivity contribution in [2.75, 3.05) is 6.61 Å². The van der Waals surface area contributed by atoms with Gasteiger partial charge in [0.2, 0.25) is 5.91 Å². The number of furan rings is 1. The van der Waals surface area contributed by atoms with Gasteiger partial charge in [0.1, 0.15) is 5.76 Å². The Balaban J connectivity index is 2.25. The van der Waals surface area contributed by atoms with E-state index in [-0.39, 0.29) is 24.5 Å². The fraction of sp³-hybridized carbons (Fsp3) is 0.583. The molecule has 90 valence electrons. The Hall–Kier alpha value is -1.29. The number of rotatable bonds is 6. The fourth-order valence-electron chi connectivity index (χ4n) is 1.32. The zero-order valence-corrected chi connectivity index (χ0v) is 9.77. The topological polar surface area (TPSA) is 62.5 Å². The normalized spacial score (nSPS) is 14.4. The van der Waals surface area contributed by atoms with Crippen molar-refractivity contribution in [1.29, 1.82) is 0 Å². The van der Waals surface area contributed by atoms with Crippen molar-refractivity contribution in [2.45, 2.75) is 32.7 Å². The van der Waals surface area contributed by atoms with Crippen LogP contribution in [0.5, 0.6) is 0 Å². The summed E-state index contributed by atoms with van der Waals surface area (Å²) in [5, 5.41) is 11.8. The van der Waals surface area contributed by atoms with Crippen molar-refractivity contribution < 1.29 is 14.3 Å². The van der Waals surface area contributed by atoms with Crippen molar-refractivity contribution in [2.24, 2.45) is 5.92 Å². The quantitative estimate of drug-likeness (QED) is 0.768. The number of carbonyl (C=O) groups is 1.